The molecule has 0 aliphatic carbocycles. The molecule has 2 amide bonds. The van der Waals surface area contributed by atoms with E-state index in [1.807, 2.05) is 18.3 Å². The van der Waals surface area contributed by atoms with Gasteiger partial charge in [-0.2, -0.15) is 0 Å². The molecule has 0 unspecified atom stereocenters. The van der Waals surface area contributed by atoms with E-state index in [1.54, 1.807) is 25.2 Å². The molecule has 1 heterocycles. The standard InChI is InChI=1S/C22H25FN6O2/c1-25-22(26-9-8-16-12-27-19-7-6-17(23)10-18(16)19)29-11-14-2-4-15(5-3-14)21(31)28-13-20(24)30/h2-7,10,12,27H,8-9,11,13H2,1H3,(H2,24,30)(H,28,31)(H2,25,26,29). The predicted octanol–water partition coefficient (Wildman–Crippen LogP) is 1.43. The number of fused-ring (bicyclic) bond motifs is 1. The molecule has 0 bridgehead atoms. The summed E-state index contributed by atoms with van der Waals surface area (Å²) in [5, 5.41) is 9.77. The quantitative estimate of drug-likeness (QED) is 0.277. The second-order valence-corrected chi connectivity index (χ2v) is 6.95. The number of aliphatic imine (C=N–C) groups is 1. The Hall–Kier alpha value is -3.88. The Morgan fingerprint density at radius 1 is 1.10 bits per heavy atom. The predicted molar refractivity (Wildman–Crippen MR) is 118 cm³/mol. The molecule has 9 heteroatoms. The van der Waals surface area contributed by atoms with E-state index < -0.39 is 5.91 Å². The average Bonchev–Trinajstić information content (AvgIpc) is 3.16. The highest BCUT2D eigenvalue weighted by Gasteiger charge is 2.07. The van der Waals surface area contributed by atoms with Crippen LogP contribution in [0.4, 0.5) is 4.39 Å². The Labute approximate surface area is 179 Å². The highest BCUT2D eigenvalue weighted by molar-refractivity contribution is 5.96. The van der Waals surface area contributed by atoms with Crippen molar-refractivity contribution in [3.05, 3.63) is 71.2 Å². The fourth-order valence-corrected chi connectivity index (χ4v) is 3.12. The summed E-state index contributed by atoms with van der Waals surface area (Å²) in [6.45, 7) is 0.945. The molecule has 31 heavy (non-hydrogen) atoms. The van der Waals surface area contributed by atoms with Crippen LogP contribution in [0.2, 0.25) is 0 Å². The lowest BCUT2D eigenvalue weighted by atomic mass is 10.1. The van der Waals surface area contributed by atoms with Crippen molar-refractivity contribution in [3.8, 4) is 0 Å². The molecule has 0 saturated heterocycles. The lowest BCUT2D eigenvalue weighted by molar-refractivity contribution is -0.117. The third kappa shape index (κ3) is 6.05. The highest BCUT2D eigenvalue weighted by Crippen LogP contribution is 2.19. The van der Waals surface area contributed by atoms with Crippen LogP contribution in [0.1, 0.15) is 21.5 Å². The van der Waals surface area contributed by atoms with Crippen molar-refractivity contribution >= 4 is 28.7 Å². The van der Waals surface area contributed by atoms with Crippen molar-refractivity contribution < 1.29 is 14.0 Å². The number of nitrogens with zero attached hydrogens (tertiary/aromatic N) is 1. The molecule has 0 aliphatic rings. The van der Waals surface area contributed by atoms with Crippen LogP contribution in [0.15, 0.2) is 53.7 Å². The first-order valence-electron chi connectivity index (χ1n) is 9.81. The van der Waals surface area contributed by atoms with Gasteiger partial charge < -0.3 is 26.7 Å². The van der Waals surface area contributed by atoms with E-state index in [0.29, 0.717) is 31.0 Å². The molecular weight excluding hydrogens is 399 g/mol. The minimum absolute atomic E-state index is 0.197. The highest BCUT2D eigenvalue weighted by atomic mass is 19.1. The van der Waals surface area contributed by atoms with Gasteiger partial charge in [0, 0.05) is 42.8 Å². The third-order valence-corrected chi connectivity index (χ3v) is 4.74. The number of carbonyl (C=O) groups is 2. The molecule has 0 fully saturated rings. The summed E-state index contributed by atoms with van der Waals surface area (Å²) in [7, 11) is 1.68. The van der Waals surface area contributed by atoms with Crippen LogP contribution < -0.4 is 21.7 Å². The Balaban J connectivity index is 1.47. The number of H-pyrrole nitrogens is 1. The number of rotatable bonds is 8. The number of nitrogens with two attached hydrogens (primary N) is 1. The number of aromatic amines is 1. The monoisotopic (exact) mass is 424 g/mol. The maximum Gasteiger partial charge on any atom is 0.251 e. The fraction of sp³-hybridized carbons (Fsp3) is 0.227. The van der Waals surface area contributed by atoms with Crippen LogP contribution >= 0.6 is 0 Å². The van der Waals surface area contributed by atoms with Crippen LogP contribution in [0, 0.1) is 5.82 Å². The van der Waals surface area contributed by atoms with Crippen LogP contribution in [0.25, 0.3) is 10.9 Å². The van der Waals surface area contributed by atoms with E-state index >= 15 is 0 Å². The molecule has 3 aromatic rings. The van der Waals surface area contributed by atoms with Gasteiger partial charge in [0.2, 0.25) is 5.91 Å². The maximum atomic E-state index is 13.5. The van der Waals surface area contributed by atoms with Gasteiger partial charge in [-0.15, -0.1) is 0 Å². The first-order valence-corrected chi connectivity index (χ1v) is 9.81. The summed E-state index contributed by atoms with van der Waals surface area (Å²) >= 11 is 0. The third-order valence-electron chi connectivity index (χ3n) is 4.74. The number of nitrogens with one attached hydrogen (secondary N) is 4. The van der Waals surface area contributed by atoms with Crippen molar-refractivity contribution in [2.45, 2.75) is 13.0 Å². The van der Waals surface area contributed by atoms with E-state index in [2.05, 4.69) is 25.9 Å². The van der Waals surface area contributed by atoms with E-state index in [4.69, 9.17) is 5.73 Å². The number of guanidine groups is 1. The molecule has 1 aromatic heterocycles. The Bertz CT molecular complexity index is 1090. The number of benzene rings is 2. The smallest absolute Gasteiger partial charge is 0.251 e. The summed E-state index contributed by atoms with van der Waals surface area (Å²) in [5.41, 5.74) is 8.37. The minimum atomic E-state index is -0.593. The normalized spacial score (nSPS) is 11.4. The number of amides is 2. The SMILES string of the molecule is CN=C(NCCc1c[nH]c2ccc(F)cc12)NCc1ccc(C(=O)NCC(N)=O)cc1. The van der Waals surface area contributed by atoms with Crippen LogP contribution in [0.5, 0.6) is 0 Å². The zero-order chi connectivity index (χ0) is 22.2. The minimum Gasteiger partial charge on any atom is -0.368 e. The summed E-state index contributed by atoms with van der Waals surface area (Å²) in [4.78, 5) is 30.0. The molecule has 0 spiro atoms. The topological polar surface area (TPSA) is 124 Å². The van der Waals surface area contributed by atoms with Crippen LogP contribution in [0.3, 0.4) is 0 Å². The first kappa shape index (κ1) is 21.8. The van der Waals surface area contributed by atoms with Gasteiger partial charge in [0.05, 0.1) is 6.54 Å². The molecular formula is C22H25FN6O2. The zero-order valence-corrected chi connectivity index (χ0v) is 17.2. The number of aromatic nitrogens is 1. The molecule has 162 valence electrons. The number of carbonyl (C=O) groups excluding carboxylic acids is 2. The lowest BCUT2D eigenvalue weighted by Crippen LogP contribution is -2.37. The van der Waals surface area contributed by atoms with Crippen molar-refractivity contribution in [1.82, 2.24) is 20.9 Å². The number of primary amides is 1. The van der Waals surface area contributed by atoms with Gasteiger partial charge in [-0.25, -0.2) is 4.39 Å². The summed E-state index contributed by atoms with van der Waals surface area (Å²) < 4.78 is 13.5. The van der Waals surface area contributed by atoms with Gasteiger partial charge in [-0.3, -0.25) is 14.6 Å². The van der Waals surface area contributed by atoms with Crippen LogP contribution in [-0.2, 0) is 17.8 Å². The molecule has 0 radical (unpaired) electrons. The number of hydrogen-bond donors (Lipinski definition) is 5. The second-order valence-electron chi connectivity index (χ2n) is 6.95. The molecule has 0 saturated carbocycles. The second kappa shape index (κ2) is 10.2. The van der Waals surface area contributed by atoms with Crippen molar-refractivity contribution in [2.24, 2.45) is 10.7 Å². The van der Waals surface area contributed by atoms with Crippen molar-refractivity contribution in [2.75, 3.05) is 20.1 Å². The molecule has 8 nitrogen and oxygen atoms in total. The van der Waals surface area contributed by atoms with E-state index in [0.717, 1.165) is 22.0 Å². The first-order chi connectivity index (χ1) is 15.0. The molecule has 0 aliphatic heterocycles. The van der Waals surface area contributed by atoms with Gasteiger partial charge in [-0.05, 0) is 47.9 Å². The number of halogens is 1. The molecule has 3 rings (SSSR count). The van der Waals surface area contributed by atoms with Gasteiger partial charge in [0.1, 0.15) is 5.82 Å². The Morgan fingerprint density at radius 2 is 1.87 bits per heavy atom. The van der Waals surface area contributed by atoms with E-state index in [-0.39, 0.29) is 18.3 Å². The zero-order valence-electron chi connectivity index (χ0n) is 17.2. The molecule has 2 aromatic carbocycles. The molecule has 0 atom stereocenters. The Kier molecular flexibility index (Phi) is 7.21. The van der Waals surface area contributed by atoms with Gasteiger partial charge in [0.25, 0.3) is 5.91 Å². The molecule has 6 N–H and O–H groups in total. The number of hydrogen-bond acceptors (Lipinski definition) is 3. The lowest BCUT2D eigenvalue weighted by Gasteiger charge is -2.12. The summed E-state index contributed by atoms with van der Waals surface area (Å²) in [5.74, 6) is -0.567. The van der Waals surface area contributed by atoms with Gasteiger partial charge >= 0.3 is 0 Å². The van der Waals surface area contributed by atoms with E-state index in [1.165, 1.54) is 12.1 Å². The summed E-state index contributed by atoms with van der Waals surface area (Å²) in [6, 6.07) is 11.7. The largest absolute Gasteiger partial charge is 0.368 e. The van der Waals surface area contributed by atoms with Gasteiger partial charge in [0.15, 0.2) is 5.96 Å². The van der Waals surface area contributed by atoms with Gasteiger partial charge in [-0.1, -0.05) is 12.1 Å². The van der Waals surface area contributed by atoms with Crippen molar-refractivity contribution in [3.63, 3.8) is 0 Å². The average molecular weight is 424 g/mol. The van der Waals surface area contributed by atoms with Crippen molar-refractivity contribution in [1.29, 1.82) is 0 Å². The summed E-state index contributed by atoms with van der Waals surface area (Å²) in [6.07, 6.45) is 2.60. The Morgan fingerprint density at radius 3 is 2.58 bits per heavy atom. The fourth-order valence-electron chi connectivity index (χ4n) is 3.12. The maximum absolute atomic E-state index is 13.5. The van der Waals surface area contributed by atoms with Crippen LogP contribution in [-0.4, -0.2) is 42.9 Å². The van der Waals surface area contributed by atoms with E-state index in [9.17, 15) is 14.0 Å².